The average molecular weight is 99.1 g/mol. The highest BCUT2D eigenvalue weighted by atomic mass is 16.5. The van der Waals surface area contributed by atoms with Crippen LogP contribution < -0.4 is 5.32 Å². The molecule has 0 unspecified atom stereocenters. The van der Waals surface area contributed by atoms with Crippen LogP contribution in [0.2, 0.25) is 0 Å². The number of hydrogen-bond acceptors (Lipinski definition) is 3. The van der Waals surface area contributed by atoms with Crippen LogP contribution in [0.4, 0.5) is 0 Å². The molecule has 1 aliphatic heterocycles. The molecule has 0 spiro atoms. The molecular weight excluding hydrogens is 94.1 g/mol. The van der Waals surface area contributed by atoms with Gasteiger partial charge < -0.3 is 4.74 Å². The number of rotatable bonds is 0. The van der Waals surface area contributed by atoms with Gasteiger partial charge in [-0.15, -0.1) is 0 Å². The summed E-state index contributed by atoms with van der Waals surface area (Å²) in [5, 5.41) is 15.9. The topological polar surface area (TPSA) is 69.0 Å². The van der Waals surface area contributed by atoms with Gasteiger partial charge in [-0.25, -0.2) is 0 Å². The number of hydrogen-bond donors (Lipinski definition) is 3. The molecule has 0 aromatic heterocycles. The highest BCUT2D eigenvalue weighted by Gasteiger charge is 2.09. The third-order valence-corrected chi connectivity index (χ3v) is 0.625. The molecule has 1 rings (SSSR count). The molecule has 1 aliphatic rings. The van der Waals surface area contributed by atoms with E-state index in [0.29, 0.717) is 0 Å². The van der Waals surface area contributed by atoms with E-state index in [2.05, 4.69) is 10.1 Å². The van der Waals surface area contributed by atoms with Gasteiger partial charge in [0, 0.05) is 0 Å². The van der Waals surface area contributed by atoms with Crippen molar-refractivity contribution in [2.24, 2.45) is 0 Å². The van der Waals surface area contributed by atoms with Crippen molar-refractivity contribution in [3.8, 4) is 0 Å². The molecular formula is C3H5N3O. The maximum Gasteiger partial charge on any atom is 0.287 e. The molecule has 1 fully saturated rings. The zero-order valence-electron chi connectivity index (χ0n) is 3.62. The zero-order chi connectivity index (χ0) is 5.28. The van der Waals surface area contributed by atoms with E-state index in [4.69, 9.17) is 10.8 Å². The van der Waals surface area contributed by atoms with Gasteiger partial charge in [-0.1, -0.05) is 0 Å². The molecule has 1 saturated heterocycles. The second-order valence-corrected chi connectivity index (χ2v) is 1.22. The molecule has 4 nitrogen and oxygen atoms in total. The van der Waals surface area contributed by atoms with Gasteiger partial charge in [-0.2, -0.15) is 0 Å². The number of nitrogens with one attached hydrogen (secondary N) is 3. The van der Waals surface area contributed by atoms with E-state index in [1.54, 1.807) is 0 Å². The van der Waals surface area contributed by atoms with Crippen molar-refractivity contribution in [1.82, 2.24) is 5.32 Å². The average Bonchev–Trinajstić information content (AvgIpc) is 1.87. The Morgan fingerprint density at radius 1 is 1.57 bits per heavy atom. The Morgan fingerprint density at radius 3 is 2.43 bits per heavy atom. The van der Waals surface area contributed by atoms with Crippen LogP contribution in [-0.2, 0) is 4.74 Å². The molecule has 0 amide bonds. The van der Waals surface area contributed by atoms with Gasteiger partial charge in [0.25, 0.3) is 6.02 Å². The van der Waals surface area contributed by atoms with Gasteiger partial charge in [-0.05, 0) is 0 Å². The summed E-state index contributed by atoms with van der Waals surface area (Å²) in [4.78, 5) is 0. The quantitative estimate of drug-likeness (QED) is 0.384. The Bertz CT molecular complexity index is 105. The van der Waals surface area contributed by atoms with E-state index in [0.717, 1.165) is 0 Å². The van der Waals surface area contributed by atoms with Crippen molar-refractivity contribution >= 4 is 11.9 Å². The molecule has 3 N–H and O–H groups in total. The van der Waals surface area contributed by atoms with E-state index in [-0.39, 0.29) is 18.5 Å². The first kappa shape index (κ1) is 4.11. The highest BCUT2D eigenvalue weighted by Crippen LogP contribution is 1.83. The normalized spacial score (nSPS) is 18.9. The van der Waals surface area contributed by atoms with Crippen LogP contribution >= 0.6 is 0 Å². The lowest BCUT2D eigenvalue weighted by molar-refractivity contribution is 0.373. The Labute approximate surface area is 40.5 Å². The van der Waals surface area contributed by atoms with E-state index >= 15 is 0 Å². The van der Waals surface area contributed by atoms with Crippen LogP contribution in [0.1, 0.15) is 0 Å². The Hall–Kier alpha value is -1.06. The first-order valence-electron chi connectivity index (χ1n) is 1.85. The third kappa shape index (κ3) is 0.677. The van der Waals surface area contributed by atoms with Gasteiger partial charge in [0.05, 0.1) is 0 Å². The van der Waals surface area contributed by atoms with Crippen molar-refractivity contribution < 1.29 is 4.74 Å². The Morgan fingerprint density at radius 2 is 2.29 bits per heavy atom. The van der Waals surface area contributed by atoms with Crippen molar-refractivity contribution in [2.75, 3.05) is 6.61 Å². The van der Waals surface area contributed by atoms with Crippen molar-refractivity contribution in [2.45, 2.75) is 0 Å². The standard InChI is InChI=1S/C3H5N3O/c4-2-1-7-3(5)6-2/h1H2,(H3,4,5,6). The molecule has 1 heterocycles. The molecule has 0 aliphatic carbocycles. The molecule has 0 saturated carbocycles. The lowest BCUT2D eigenvalue weighted by atomic mass is 10.7. The number of ether oxygens (including phenoxy) is 1. The maximum absolute atomic E-state index is 6.80. The van der Waals surface area contributed by atoms with Crippen LogP contribution in [0, 0.1) is 10.8 Å². The first-order chi connectivity index (χ1) is 3.29. The summed E-state index contributed by atoms with van der Waals surface area (Å²) in [5.41, 5.74) is 0. The summed E-state index contributed by atoms with van der Waals surface area (Å²) < 4.78 is 4.51. The fourth-order valence-corrected chi connectivity index (χ4v) is 0.354. The summed E-state index contributed by atoms with van der Waals surface area (Å²) in [7, 11) is 0. The van der Waals surface area contributed by atoms with Crippen LogP contribution in [-0.4, -0.2) is 18.5 Å². The van der Waals surface area contributed by atoms with E-state index in [9.17, 15) is 0 Å². The van der Waals surface area contributed by atoms with Gasteiger partial charge in [0.1, 0.15) is 12.4 Å². The maximum atomic E-state index is 6.80. The minimum Gasteiger partial charge on any atom is -0.457 e. The lowest BCUT2D eigenvalue weighted by Gasteiger charge is -1.84. The Kier molecular flexibility index (Phi) is 0.714. The van der Waals surface area contributed by atoms with Crippen molar-refractivity contribution in [3.63, 3.8) is 0 Å². The molecule has 0 radical (unpaired) electrons. The van der Waals surface area contributed by atoms with Gasteiger partial charge in [-0.3, -0.25) is 16.1 Å². The largest absolute Gasteiger partial charge is 0.457 e. The molecule has 0 aromatic rings. The molecule has 38 valence electrons. The molecule has 4 heteroatoms. The zero-order valence-corrected chi connectivity index (χ0v) is 3.62. The molecule has 0 bridgehead atoms. The summed E-state index contributed by atoms with van der Waals surface area (Å²) in [6, 6.07) is -0.0231. The van der Waals surface area contributed by atoms with Crippen LogP contribution in [0.25, 0.3) is 0 Å². The predicted molar refractivity (Wildman–Crippen MR) is 24.5 cm³/mol. The van der Waals surface area contributed by atoms with Gasteiger partial charge in [0.2, 0.25) is 0 Å². The fourth-order valence-electron chi connectivity index (χ4n) is 0.354. The first-order valence-corrected chi connectivity index (χ1v) is 1.85. The van der Waals surface area contributed by atoms with Crippen LogP contribution in [0.15, 0.2) is 0 Å². The summed E-state index contributed by atoms with van der Waals surface area (Å²) >= 11 is 0. The predicted octanol–water partition coefficient (Wildman–Crippen LogP) is -0.482. The summed E-state index contributed by atoms with van der Waals surface area (Å²) in [6.07, 6.45) is 0. The van der Waals surface area contributed by atoms with E-state index in [1.165, 1.54) is 0 Å². The minimum atomic E-state index is -0.0231. The van der Waals surface area contributed by atoms with Crippen LogP contribution in [0.5, 0.6) is 0 Å². The molecule has 0 aromatic carbocycles. The smallest absolute Gasteiger partial charge is 0.287 e. The summed E-state index contributed by atoms with van der Waals surface area (Å²) in [6.45, 7) is 0.221. The second-order valence-electron chi connectivity index (χ2n) is 1.22. The van der Waals surface area contributed by atoms with Crippen molar-refractivity contribution in [3.05, 3.63) is 0 Å². The Balaban J connectivity index is 2.55. The second kappa shape index (κ2) is 1.22. The SMILES string of the molecule is N=C1COC(=N)N1. The van der Waals surface area contributed by atoms with Crippen LogP contribution in [0.3, 0.4) is 0 Å². The highest BCUT2D eigenvalue weighted by molar-refractivity contribution is 6.00. The third-order valence-electron chi connectivity index (χ3n) is 0.625. The van der Waals surface area contributed by atoms with E-state index < -0.39 is 0 Å². The number of amidine groups is 2. The minimum absolute atomic E-state index is 0.0231. The van der Waals surface area contributed by atoms with Crippen molar-refractivity contribution in [1.29, 1.82) is 10.8 Å². The van der Waals surface area contributed by atoms with Gasteiger partial charge >= 0.3 is 0 Å². The molecule has 7 heavy (non-hydrogen) atoms. The lowest BCUT2D eigenvalue weighted by Crippen LogP contribution is -2.18. The summed E-state index contributed by atoms with van der Waals surface area (Å²) in [5.74, 6) is 0.255. The van der Waals surface area contributed by atoms with E-state index in [1.807, 2.05) is 0 Å². The fraction of sp³-hybridized carbons (Fsp3) is 0.333. The molecule has 0 atom stereocenters. The monoisotopic (exact) mass is 99.0 g/mol. The van der Waals surface area contributed by atoms with Gasteiger partial charge in [0.15, 0.2) is 0 Å².